The van der Waals surface area contributed by atoms with Crippen LogP contribution < -0.4 is 0 Å². The van der Waals surface area contributed by atoms with Crippen LogP contribution in [0.15, 0.2) is 28.7 Å². The van der Waals surface area contributed by atoms with Gasteiger partial charge in [-0.3, -0.25) is 0 Å². The first-order valence-electron chi connectivity index (χ1n) is 6.87. The molecule has 0 aliphatic carbocycles. The van der Waals surface area contributed by atoms with Crippen LogP contribution in [0, 0.1) is 0 Å². The fourth-order valence-corrected chi connectivity index (χ4v) is 2.83. The molecule has 1 fully saturated rings. The van der Waals surface area contributed by atoms with Crippen LogP contribution in [0.2, 0.25) is 0 Å². The summed E-state index contributed by atoms with van der Waals surface area (Å²) in [5.74, 6) is 0. The predicted molar refractivity (Wildman–Crippen MR) is 80.2 cm³/mol. The first-order valence-corrected chi connectivity index (χ1v) is 7.67. The van der Waals surface area contributed by atoms with E-state index in [0.717, 1.165) is 42.5 Å². The lowest BCUT2D eigenvalue weighted by atomic mass is 10.0. The standard InChI is InChI=1S/C15H22BrNO2/c1-19-14-3-2-9-17(11-14)10-8-15(18)12-4-6-13(16)7-5-12/h4-7,14-15,18H,2-3,8-11H2,1H3. The van der Waals surface area contributed by atoms with Crippen molar-refractivity contribution >= 4 is 15.9 Å². The van der Waals surface area contributed by atoms with E-state index < -0.39 is 0 Å². The van der Waals surface area contributed by atoms with E-state index in [1.165, 1.54) is 6.42 Å². The van der Waals surface area contributed by atoms with Crippen molar-refractivity contribution in [2.75, 3.05) is 26.7 Å². The first kappa shape index (κ1) is 15.0. The molecule has 3 nitrogen and oxygen atoms in total. The zero-order valence-electron chi connectivity index (χ0n) is 11.4. The quantitative estimate of drug-likeness (QED) is 0.902. The Bertz CT molecular complexity index is 382. The minimum absolute atomic E-state index is 0.360. The van der Waals surface area contributed by atoms with Gasteiger partial charge in [0.05, 0.1) is 12.2 Å². The van der Waals surface area contributed by atoms with Gasteiger partial charge in [0.2, 0.25) is 0 Å². The first-order chi connectivity index (χ1) is 9.19. The van der Waals surface area contributed by atoms with Crippen molar-refractivity contribution in [3.05, 3.63) is 34.3 Å². The van der Waals surface area contributed by atoms with Crippen LogP contribution in [-0.2, 0) is 4.74 Å². The number of halogens is 1. The van der Waals surface area contributed by atoms with Gasteiger partial charge in [0, 0.05) is 24.7 Å². The van der Waals surface area contributed by atoms with Gasteiger partial charge in [-0.25, -0.2) is 0 Å². The normalized spacial score (nSPS) is 22.4. The highest BCUT2D eigenvalue weighted by Crippen LogP contribution is 2.21. The van der Waals surface area contributed by atoms with Crippen LogP contribution in [0.5, 0.6) is 0 Å². The van der Waals surface area contributed by atoms with Crippen molar-refractivity contribution in [1.29, 1.82) is 0 Å². The average Bonchev–Trinajstić information content (AvgIpc) is 2.46. The lowest BCUT2D eigenvalue weighted by Gasteiger charge is -2.32. The van der Waals surface area contributed by atoms with E-state index in [4.69, 9.17) is 4.74 Å². The Morgan fingerprint density at radius 3 is 2.84 bits per heavy atom. The second-order valence-corrected chi connectivity index (χ2v) is 6.07. The van der Waals surface area contributed by atoms with Gasteiger partial charge in [0.15, 0.2) is 0 Å². The lowest BCUT2D eigenvalue weighted by Crippen LogP contribution is -2.40. The number of likely N-dealkylation sites (tertiary alicyclic amines) is 1. The molecule has 1 saturated heterocycles. The number of rotatable bonds is 5. The number of hydrogen-bond donors (Lipinski definition) is 1. The summed E-state index contributed by atoms with van der Waals surface area (Å²) in [6, 6.07) is 7.90. The number of methoxy groups -OCH3 is 1. The van der Waals surface area contributed by atoms with E-state index in [1.807, 2.05) is 24.3 Å². The van der Waals surface area contributed by atoms with E-state index in [1.54, 1.807) is 7.11 Å². The summed E-state index contributed by atoms with van der Waals surface area (Å²) in [4.78, 5) is 2.39. The van der Waals surface area contributed by atoms with E-state index in [9.17, 15) is 5.11 Å². The molecule has 0 bridgehead atoms. The summed E-state index contributed by atoms with van der Waals surface area (Å²) in [7, 11) is 1.78. The minimum atomic E-state index is -0.379. The van der Waals surface area contributed by atoms with Crippen molar-refractivity contribution in [3.63, 3.8) is 0 Å². The SMILES string of the molecule is COC1CCCN(CCC(O)c2ccc(Br)cc2)C1. The van der Waals surface area contributed by atoms with Crippen molar-refractivity contribution in [2.24, 2.45) is 0 Å². The van der Waals surface area contributed by atoms with Gasteiger partial charge < -0.3 is 14.7 Å². The molecule has 1 aliphatic rings. The zero-order chi connectivity index (χ0) is 13.7. The topological polar surface area (TPSA) is 32.7 Å². The Morgan fingerprint density at radius 2 is 2.16 bits per heavy atom. The van der Waals surface area contributed by atoms with Crippen LogP contribution in [0.1, 0.15) is 30.9 Å². The molecule has 19 heavy (non-hydrogen) atoms. The molecule has 1 heterocycles. The summed E-state index contributed by atoms with van der Waals surface area (Å²) >= 11 is 3.41. The minimum Gasteiger partial charge on any atom is -0.388 e. The third-order valence-electron chi connectivity index (χ3n) is 3.77. The average molecular weight is 328 g/mol. The molecule has 0 aromatic heterocycles. The fraction of sp³-hybridized carbons (Fsp3) is 0.600. The van der Waals surface area contributed by atoms with E-state index >= 15 is 0 Å². The molecule has 1 aliphatic heterocycles. The third-order valence-corrected chi connectivity index (χ3v) is 4.30. The molecule has 2 unspecified atom stereocenters. The number of hydrogen-bond acceptors (Lipinski definition) is 3. The summed E-state index contributed by atoms with van der Waals surface area (Å²) in [6.45, 7) is 3.04. The van der Waals surface area contributed by atoms with E-state index in [-0.39, 0.29) is 6.10 Å². The molecular weight excluding hydrogens is 306 g/mol. The molecular formula is C15H22BrNO2. The molecule has 4 heteroatoms. The Balaban J connectivity index is 1.79. The second kappa shape index (κ2) is 7.39. The van der Waals surface area contributed by atoms with Crippen LogP contribution >= 0.6 is 15.9 Å². The molecule has 1 aromatic rings. The van der Waals surface area contributed by atoms with E-state index in [2.05, 4.69) is 20.8 Å². The van der Waals surface area contributed by atoms with Gasteiger partial charge >= 0.3 is 0 Å². The molecule has 2 rings (SSSR count). The molecule has 1 aromatic carbocycles. The Kier molecular flexibility index (Phi) is 5.82. The number of piperidine rings is 1. The summed E-state index contributed by atoms with van der Waals surface area (Å²) in [5.41, 5.74) is 0.989. The van der Waals surface area contributed by atoms with Gasteiger partial charge in [-0.1, -0.05) is 28.1 Å². The van der Waals surface area contributed by atoms with Crippen molar-refractivity contribution < 1.29 is 9.84 Å². The number of aliphatic hydroxyl groups is 1. The highest BCUT2D eigenvalue weighted by Gasteiger charge is 2.20. The maximum Gasteiger partial charge on any atom is 0.0802 e. The lowest BCUT2D eigenvalue weighted by molar-refractivity contribution is 0.0255. The molecule has 0 radical (unpaired) electrons. The van der Waals surface area contributed by atoms with Gasteiger partial charge in [0.1, 0.15) is 0 Å². The number of aliphatic hydroxyl groups excluding tert-OH is 1. The Morgan fingerprint density at radius 1 is 1.42 bits per heavy atom. The second-order valence-electron chi connectivity index (χ2n) is 5.16. The number of nitrogens with zero attached hydrogens (tertiary/aromatic N) is 1. The molecule has 0 amide bonds. The Labute approximate surface area is 123 Å². The zero-order valence-corrected chi connectivity index (χ0v) is 13.0. The predicted octanol–water partition coefficient (Wildman–Crippen LogP) is 2.98. The fourth-order valence-electron chi connectivity index (χ4n) is 2.57. The van der Waals surface area contributed by atoms with Crippen molar-refractivity contribution in [3.8, 4) is 0 Å². The Hall–Kier alpha value is -0.420. The monoisotopic (exact) mass is 327 g/mol. The van der Waals surface area contributed by atoms with Gasteiger partial charge in [-0.05, 0) is 43.5 Å². The van der Waals surface area contributed by atoms with Crippen LogP contribution in [0.4, 0.5) is 0 Å². The summed E-state index contributed by atoms with van der Waals surface area (Å²) < 4.78 is 6.46. The van der Waals surface area contributed by atoms with Gasteiger partial charge in [-0.2, -0.15) is 0 Å². The smallest absolute Gasteiger partial charge is 0.0802 e. The van der Waals surface area contributed by atoms with Crippen molar-refractivity contribution in [2.45, 2.75) is 31.5 Å². The van der Waals surface area contributed by atoms with Crippen LogP contribution in [0.3, 0.4) is 0 Å². The highest BCUT2D eigenvalue weighted by atomic mass is 79.9. The number of benzene rings is 1. The van der Waals surface area contributed by atoms with Crippen LogP contribution in [0.25, 0.3) is 0 Å². The molecule has 0 saturated carbocycles. The molecule has 106 valence electrons. The third kappa shape index (κ3) is 4.56. The summed E-state index contributed by atoms with van der Waals surface area (Å²) in [5, 5.41) is 10.2. The number of ether oxygens (including phenoxy) is 1. The molecule has 1 N–H and O–H groups in total. The van der Waals surface area contributed by atoms with Crippen molar-refractivity contribution in [1.82, 2.24) is 4.90 Å². The van der Waals surface area contributed by atoms with Crippen LogP contribution in [-0.4, -0.2) is 42.9 Å². The maximum absolute atomic E-state index is 10.2. The van der Waals surface area contributed by atoms with Gasteiger partial charge in [0.25, 0.3) is 0 Å². The largest absolute Gasteiger partial charge is 0.388 e. The summed E-state index contributed by atoms with van der Waals surface area (Å²) in [6.07, 6.45) is 3.10. The maximum atomic E-state index is 10.2. The molecule has 0 spiro atoms. The van der Waals surface area contributed by atoms with E-state index in [0.29, 0.717) is 6.10 Å². The van der Waals surface area contributed by atoms with Gasteiger partial charge in [-0.15, -0.1) is 0 Å². The highest BCUT2D eigenvalue weighted by molar-refractivity contribution is 9.10. The molecule has 2 atom stereocenters.